The molecule has 2 heterocycles. The molecular weight excluding hydrogens is 386 g/mol. The average Bonchev–Trinajstić information content (AvgIpc) is 3.21. The molecule has 0 aliphatic carbocycles. The fourth-order valence-corrected chi connectivity index (χ4v) is 3.57. The van der Waals surface area contributed by atoms with E-state index in [1.165, 1.54) is 16.9 Å². The van der Waals surface area contributed by atoms with Crippen LogP contribution in [0.2, 0.25) is 0 Å². The molecule has 0 saturated heterocycles. The summed E-state index contributed by atoms with van der Waals surface area (Å²) < 4.78 is 5.10. The molecule has 3 rings (SSSR count). The number of amides is 1. The van der Waals surface area contributed by atoms with Gasteiger partial charge in [0, 0.05) is 23.3 Å². The lowest BCUT2D eigenvalue weighted by Gasteiger charge is -2.14. The second-order valence-corrected chi connectivity index (χ2v) is 7.47. The van der Waals surface area contributed by atoms with E-state index in [1.807, 2.05) is 48.7 Å². The summed E-state index contributed by atoms with van der Waals surface area (Å²) in [7, 11) is 0. The summed E-state index contributed by atoms with van der Waals surface area (Å²) in [6, 6.07) is 11.7. The molecule has 1 aromatic carbocycles. The first kappa shape index (κ1) is 20.7. The number of pyridine rings is 1. The number of esters is 1. The maximum Gasteiger partial charge on any atom is 0.312 e. The van der Waals surface area contributed by atoms with Crippen molar-refractivity contribution in [1.29, 1.82) is 0 Å². The highest BCUT2D eigenvalue weighted by Crippen LogP contribution is 2.22. The van der Waals surface area contributed by atoms with Gasteiger partial charge in [0.1, 0.15) is 5.01 Å². The van der Waals surface area contributed by atoms with Crippen molar-refractivity contribution in [3.8, 4) is 10.6 Å². The van der Waals surface area contributed by atoms with Crippen LogP contribution in [-0.2, 0) is 27.2 Å². The number of nitrogens with zero attached hydrogens (tertiary/aromatic N) is 2. The topological polar surface area (TPSA) is 81.2 Å². The van der Waals surface area contributed by atoms with E-state index < -0.39 is 5.97 Å². The number of carbonyl (C=O) groups is 2. The largest absolute Gasteiger partial charge is 0.455 e. The van der Waals surface area contributed by atoms with Crippen molar-refractivity contribution in [1.82, 2.24) is 15.3 Å². The van der Waals surface area contributed by atoms with Crippen molar-refractivity contribution in [2.75, 3.05) is 6.61 Å². The summed E-state index contributed by atoms with van der Waals surface area (Å²) in [6.07, 6.45) is 4.42. The van der Waals surface area contributed by atoms with Crippen molar-refractivity contribution in [3.05, 3.63) is 71.0 Å². The van der Waals surface area contributed by atoms with Gasteiger partial charge in [-0.15, -0.1) is 11.3 Å². The van der Waals surface area contributed by atoms with Crippen molar-refractivity contribution < 1.29 is 14.3 Å². The van der Waals surface area contributed by atoms with E-state index in [0.717, 1.165) is 22.6 Å². The van der Waals surface area contributed by atoms with Crippen LogP contribution in [0.25, 0.3) is 10.6 Å². The van der Waals surface area contributed by atoms with E-state index in [1.54, 1.807) is 12.4 Å². The smallest absolute Gasteiger partial charge is 0.312 e. The summed E-state index contributed by atoms with van der Waals surface area (Å²) in [5, 5.41) is 5.45. The van der Waals surface area contributed by atoms with E-state index in [0.29, 0.717) is 5.69 Å². The number of hydrogen-bond acceptors (Lipinski definition) is 6. The third-order valence-corrected chi connectivity index (χ3v) is 5.36. The maximum absolute atomic E-state index is 12.1. The predicted molar refractivity (Wildman–Crippen MR) is 112 cm³/mol. The molecular formula is C22H23N3O3S. The molecule has 29 heavy (non-hydrogen) atoms. The summed E-state index contributed by atoms with van der Waals surface area (Å²) >= 11 is 1.44. The van der Waals surface area contributed by atoms with Gasteiger partial charge in [0.2, 0.25) is 0 Å². The Labute approximate surface area is 174 Å². The van der Waals surface area contributed by atoms with Crippen LogP contribution in [-0.4, -0.2) is 28.5 Å². The molecule has 6 nitrogen and oxygen atoms in total. The quantitative estimate of drug-likeness (QED) is 0.573. The SMILES string of the molecule is CCc1ccc([C@@H](C)NC(=O)COC(=O)Cc2csc(-c3cccnc3)n2)cc1. The molecule has 1 amide bonds. The van der Waals surface area contributed by atoms with Crippen molar-refractivity contribution in [2.45, 2.75) is 32.7 Å². The molecule has 0 bridgehead atoms. The van der Waals surface area contributed by atoms with Gasteiger partial charge < -0.3 is 10.1 Å². The molecule has 0 saturated carbocycles. The molecule has 0 aliphatic heterocycles. The first-order chi connectivity index (χ1) is 14.0. The molecule has 0 aliphatic rings. The first-order valence-corrected chi connectivity index (χ1v) is 10.3. The summed E-state index contributed by atoms with van der Waals surface area (Å²) in [6.45, 7) is 3.69. The Hall–Kier alpha value is -3.06. The van der Waals surface area contributed by atoms with Crippen molar-refractivity contribution in [3.63, 3.8) is 0 Å². The van der Waals surface area contributed by atoms with Gasteiger partial charge in [-0.3, -0.25) is 14.6 Å². The minimum Gasteiger partial charge on any atom is -0.455 e. The number of ether oxygens (including phenoxy) is 1. The zero-order chi connectivity index (χ0) is 20.6. The number of aromatic nitrogens is 2. The van der Waals surface area contributed by atoms with Crippen molar-refractivity contribution in [2.24, 2.45) is 0 Å². The number of carbonyl (C=O) groups excluding carboxylic acids is 2. The van der Waals surface area contributed by atoms with E-state index in [4.69, 9.17) is 4.74 Å². The van der Waals surface area contributed by atoms with Gasteiger partial charge in [0.25, 0.3) is 5.91 Å². The first-order valence-electron chi connectivity index (χ1n) is 9.43. The molecule has 0 unspecified atom stereocenters. The fraction of sp³-hybridized carbons (Fsp3) is 0.273. The molecule has 7 heteroatoms. The van der Waals surface area contributed by atoms with Crippen LogP contribution < -0.4 is 5.32 Å². The van der Waals surface area contributed by atoms with E-state index in [9.17, 15) is 9.59 Å². The molecule has 0 radical (unpaired) electrons. The van der Waals surface area contributed by atoms with Gasteiger partial charge >= 0.3 is 5.97 Å². The van der Waals surface area contributed by atoms with Gasteiger partial charge in [-0.05, 0) is 36.6 Å². The van der Waals surface area contributed by atoms with Crippen LogP contribution in [0.1, 0.15) is 36.7 Å². The van der Waals surface area contributed by atoms with E-state index in [2.05, 4.69) is 22.2 Å². The number of rotatable bonds is 8. The fourth-order valence-electron chi connectivity index (χ4n) is 2.76. The maximum atomic E-state index is 12.1. The van der Waals surface area contributed by atoms with Crippen molar-refractivity contribution >= 4 is 23.2 Å². The summed E-state index contributed by atoms with van der Waals surface area (Å²) in [4.78, 5) is 32.6. The second-order valence-electron chi connectivity index (χ2n) is 6.61. The van der Waals surface area contributed by atoms with Crippen LogP contribution in [0.5, 0.6) is 0 Å². The Morgan fingerprint density at radius 2 is 2.00 bits per heavy atom. The summed E-state index contributed by atoms with van der Waals surface area (Å²) in [5.74, 6) is -0.817. The zero-order valence-corrected chi connectivity index (χ0v) is 17.2. The van der Waals surface area contributed by atoms with E-state index in [-0.39, 0.29) is 25.0 Å². The highest BCUT2D eigenvalue weighted by Gasteiger charge is 2.14. The number of thiazole rings is 1. The Morgan fingerprint density at radius 3 is 2.69 bits per heavy atom. The molecule has 150 valence electrons. The van der Waals surface area contributed by atoms with Gasteiger partial charge in [0.15, 0.2) is 6.61 Å². The minimum absolute atomic E-state index is 0.0259. The lowest BCUT2D eigenvalue weighted by atomic mass is 10.1. The van der Waals surface area contributed by atoms with Crippen LogP contribution >= 0.6 is 11.3 Å². The normalized spacial score (nSPS) is 11.7. The number of aryl methyl sites for hydroxylation is 1. The minimum atomic E-state index is -0.483. The Balaban J connectivity index is 1.45. The second kappa shape index (κ2) is 9.93. The predicted octanol–water partition coefficient (Wildman–Crippen LogP) is 3.73. The average molecular weight is 410 g/mol. The zero-order valence-electron chi connectivity index (χ0n) is 16.4. The lowest BCUT2D eigenvalue weighted by Crippen LogP contribution is -2.31. The van der Waals surface area contributed by atoms with Crippen LogP contribution in [0.15, 0.2) is 54.2 Å². The van der Waals surface area contributed by atoms with Gasteiger partial charge in [-0.1, -0.05) is 31.2 Å². The van der Waals surface area contributed by atoms with Gasteiger partial charge in [0.05, 0.1) is 18.2 Å². The molecule has 3 aromatic rings. The lowest BCUT2D eigenvalue weighted by molar-refractivity contribution is -0.148. The number of benzene rings is 1. The monoisotopic (exact) mass is 409 g/mol. The van der Waals surface area contributed by atoms with Crippen LogP contribution in [0.3, 0.4) is 0 Å². The third kappa shape index (κ3) is 5.96. The number of hydrogen-bond donors (Lipinski definition) is 1. The highest BCUT2D eigenvalue weighted by atomic mass is 32.1. The van der Waals surface area contributed by atoms with E-state index >= 15 is 0 Å². The molecule has 0 spiro atoms. The third-order valence-electron chi connectivity index (χ3n) is 4.42. The van der Waals surface area contributed by atoms with Gasteiger partial charge in [-0.25, -0.2) is 4.98 Å². The van der Waals surface area contributed by atoms with Crippen LogP contribution in [0.4, 0.5) is 0 Å². The highest BCUT2D eigenvalue weighted by molar-refractivity contribution is 7.13. The Kier molecular flexibility index (Phi) is 7.08. The molecule has 2 aromatic heterocycles. The van der Waals surface area contributed by atoms with Crippen LogP contribution in [0, 0.1) is 0 Å². The molecule has 0 fully saturated rings. The number of nitrogens with one attached hydrogen (secondary N) is 1. The molecule has 1 atom stereocenters. The van der Waals surface area contributed by atoms with Gasteiger partial charge in [-0.2, -0.15) is 0 Å². The Bertz CT molecular complexity index is 955. The standard InChI is InChI=1S/C22H23N3O3S/c1-3-16-6-8-17(9-7-16)15(2)24-20(26)13-28-21(27)11-19-14-29-22(25-19)18-5-4-10-23-12-18/h4-10,12,14-15H,3,11,13H2,1-2H3,(H,24,26)/t15-/m1/s1. The Morgan fingerprint density at radius 1 is 1.21 bits per heavy atom. The summed E-state index contributed by atoms with van der Waals surface area (Å²) in [5.41, 5.74) is 3.77. The molecule has 1 N–H and O–H groups in total.